The minimum atomic E-state index is -0.281. The van der Waals surface area contributed by atoms with Crippen LogP contribution in [-0.4, -0.2) is 34.2 Å². The van der Waals surface area contributed by atoms with Gasteiger partial charge in [0.15, 0.2) is 11.5 Å². The largest absolute Gasteiger partial charge is 0.504 e. The second-order valence-electron chi connectivity index (χ2n) is 4.19. The van der Waals surface area contributed by atoms with Gasteiger partial charge in [-0.2, -0.15) is 0 Å². The zero-order valence-corrected chi connectivity index (χ0v) is 9.52. The predicted octanol–water partition coefficient (Wildman–Crippen LogP) is 1.23. The summed E-state index contributed by atoms with van der Waals surface area (Å²) >= 11 is 0. The highest BCUT2D eigenvalue weighted by atomic mass is 16.3. The molecular weight excluding hydrogens is 220 g/mol. The molecule has 5 heteroatoms. The van der Waals surface area contributed by atoms with E-state index in [2.05, 4.69) is 5.43 Å². The molecule has 2 rings (SSSR count). The molecule has 5 nitrogen and oxygen atoms in total. The first-order chi connectivity index (χ1) is 8.16. The van der Waals surface area contributed by atoms with E-state index in [0.717, 1.165) is 25.9 Å². The van der Waals surface area contributed by atoms with Crippen molar-refractivity contribution in [3.05, 3.63) is 23.8 Å². The molecule has 92 valence electrons. The van der Waals surface area contributed by atoms with Crippen LogP contribution in [0.1, 0.15) is 29.6 Å². The van der Waals surface area contributed by atoms with Gasteiger partial charge in [0.05, 0.1) is 0 Å². The Morgan fingerprint density at radius 1 is 1.12 bits per heavy atom. The Bertz CT molecular complexity index is 414. The van der Waals surface area contributed by atoms with Gasteiger partial charge >= 0.3 is 0 Å². The summed E-state index contributed by atoms with van der Waals surface area (Å²) in [5, 5.41) is 20.4. The number of aromatic hydroxyl groups is 2. The molecule has 0 aromatic heterocycles. The molecule has 0 saturated carbocycles. The lowest BCUT2D eigenvalue weighted by molar-refractivity contribution is 0.0749. The van der Waals surface area contributed by atoms with Gasteiger partial charge in [0.25, 0.3) is 5.91 Å². The van der Waals surface area contributed by atoms with E-state index in [9.17, 15) is 9.90 Å². The number of hydrogen-bond acceptors (Lipinski definition) is 4. The Balaban J connectivity index is 2.01. The second-order valence-corrected chi connectivity index (χ2v) is 4.19. The van der Waals surface area contributed by atoms with Crippen LogP contribution in [0.25, 0.3) is 0 Å². The zero-order valence-electron chi connectivity index (χ0n) is 9.52. The molecule has 1 heterocycles. The fourth-order valence-electron chi connectivity index (χ4n) is 1.88. The van der Waals surface area contributed by atoms with Crippen molar-refractivity contribution in [1.82, 2.24) is 10.4 Å². The van der Waals surface area contributed by atoms with Gasteiger partial charge in [0.1, 0.15) is 0 Å². The summed E-state index contributed by atoms with van der Waals surface area (Å²) in [6, 6.07) is 4.05. The summed E-state index contributed by atoms with van der Waals surface area (Å²) in [5.74, 6) is -0.766. The van der Waals surface area contributed by atoms with Gasteiger partial charge in [-0.3, -0.25) is 10.2 Å². The summed E-state index contributed by atoms with van der Waals surface area (Å²) in [5.41, 5.74) is 3.12. The first kappa shape index (κ1) is 11.7. The Labute approximate surface area is 99.6 Å². The number of carbonyl (C=O) groups excluding carboxylic acids is 1. The molecule has 1 amide bonds. The number of piperidine rings is 1. The molecule has 1 aliphatic rings. The first-order valence-electron chi connectivity index (χ1n) is 5.75. The van der Waals surface area contributed by atoms with E-state index in [1.54, 1.807) is 0 Å². The van der Waals surface area contributed by atoms with E-state index in [-0.39, 0.29) is 17.4 Å². The Morgan fingerprint density at radius 3 is 2.47 bits per heavy atom. The number of phenols is 2. The van der Waals surface area contributed by atoms with Crippen molar-refractivity contribution in [2.24, 2.45) is 0 Å². The molecular formula is C12H16N2O3. The van der Waals surface area contributed by atoms with Crippen LogP contribution < -0.4 is 5.43 Å². The number of hydrazine groups is 1. The number of benzene rings is 1. The van der Waals surface area contributed by atoms with Gasteiger partial charge in [0.2, 0.25) is 0 Å². The third kappa shape index (κ3) is 2.88. The lowest BCUT2D eigenvalue weighted by Crippen LogP contribution is -2.45. The van der Waals surface area contributed by atoms with E-state index in [0.29, 0.717) is 5.56 Å². The quantitative estimate of drug-likeness (QED) is 0.675. The number of nitrogens with one attached hydrogen (secondary N) is 1. The molecule has 0 bridgehead atoms. The molecule has 0 aliphatic carbocycles. The molecule has 0 unspecified atom stereocenters. The summed E-state index contributed by atoms with van der Waals surface area (Å²) in [4.78, 5) is 11.8. The van der Waals surface area contributed by atoms with Gasteiger partial charge in [-0.1, -0.05) is 6.42 Å². The molecule has 1 fully saturated rings. The summed E-state index contributed by atoms with van der Waals surface area (Å²) in [6.07, 6.45) is 3.37. The van der Waals surface area contributed by atoms with Crippen molar-refractivity contribution in [3.8, 4) is 11.5 Å². The average molecular weight is 236 g/mol. The Morgan fingerprint density at radius 2 is 1.82 bits per heavy atom. The van der Waals surface area contributed by atoms with E-state index in [1.807, 2.05) is 5.01 Å². The highest BCUT2D eigenvalue weighted by molar-refractivity contribution is 5.94. The Kier molecular flexibility index (Phi) is 3.49. The predicted molar refractivity (Wildman–Crippen MR) is 62.7 cm³/mol. The highest BCUT2D eigenvalue weighted by Gasteiger charge is 2.14. The van der Waals surface area contributed by atoms with E-state index < -0.39 is 0 Å². The molecule has 1 aliphatic heterocycles. The molecule has 1 aromatic rings. The van der Waals surface area contributed by atoms with Gasteiger partial charge < -0.3 is 10.2 Å². The van der Waals surface area contributed by atoms with Crippen molar-refractivity contribution in [1.29, 1.82) is 0 Å². The van der Waals surface area contributed by atoms with E-state index >= 15 is 0 Å². The third-order valence-electron chi connectivity index (χ3n) is 2.85. The number of amides is 1. The maximum Gasteiger partial charge on any atom is 0.265 e. The molecule has 1 aromatic carbocycles. The molecule has 17 heavy (non-hydrogen) atoms. The smallest absolute Gasteiger partial charge is 0.265 e. The molecule has 1 saturated heterocycles. The SMILES string of the molecule is O=C(NN1CCCCC1)c1ccc(O)c(O)c1. The van der Waals surface area contributed by atoms with Gasteiger partial charge in [-0.25, -0.2) is 5.01 Å². The van der Waals surface area contributed by atoms with E-state index in [4.69, 9.17) is 5.11 Å². The minimum absolute atomic E-state index is 0.223. The lowest BCUT2D eigenvalue weighted by Gasteiger charge is -2.26. The normalized spacial score (nSPS) is 16.7. The van der Waals surface area contributed by atoms with Crippen molar-refractivity contribution in [2.45, 2.75) is 19.3 Å². The summed E-state index contributed by atoms with van der Waals surface area (Å²) < 4.78 is 0. The van der Waals surface area contributed by atoms with Crippen LogP contribution in [0.4, 0.5) is 0 Å². The van der Waals surface area contributed by atoms with Gasteiger partial charge in [-0.15, -0.1) is 0 Å². The highest BCUT2D eigenvalue weighted by Crippen LogP contribution is 2.24. The van der Waals surface area contributed by atoms with Crippen LogP contribution >= 0.6 is 0 Å². The second kappa shape index (κ2) is 5.05. The zero-order chi connectivity index (χ0) is 12.3. The molecule has 3 N–H and O–H groups in total. The van der Waals surface area contributed by atoms with Crippen molar-refractivity contribution in [3.63, 3.8) is 0 Å². The topological polar surface area (TPSA) is 72.8 Å². The van der Waals surface area contributed by atoms with Gasteiger partial charge in [0, 0.05) is 18.7 Å². The third-order valence-corrected chi connectivity index (χ3v) is 2.85. The number of rotatable bonds is 2. The van der Waals surface area contributed by atoms with Crippen LogP contribution in [0.5, 0.6) is 11.5 Å². The molecule has 0 spiro atoms. The number of nitrogens with zero attached hydrogens (tertiary/aromatic N) is 1. The fraction of sp³-hybridized carbons (Fsp3) is 0.417. The summed E-state index contributed by atoms with van der Waals surface area (Å²) in [7, 11) is 0. The van der Waals surface area contributed by atoms with Crippen molar-refractivity contribution >= 4 is 5.91 Å². The number of hydrogen-bond donors (Lipinski definition) is 3. The van der Waals surface area contributed by atoms with Crippen LogP contribution in [-0.2, 0) is 0 Å². The van der Waals surface area contributed by atoms with Crippen LogP contribution in [0, 0.1) is 0 Å². The van der Waals surface area contributed by atoms with Crippen molar-refractivity contribution < 1.29 is 15.0 Å². The lowest BCUT2D eigenvalue weighted by atomic mass is 10.1. The maximum atomic E-state index is 11.8. The van der Waals surface area contributed by atoms with Gasteiger partial charge in [-0.05, 0) is 31.0 Å². The minimum Gasteiger partial charge on any atom is -0.504 e. The number of carbonyl (C=O) groups is 1. The maximum absolute atomic E-state index is 11.8. The monoisotopic (exact) mass is 236 g/mol. The Hall–Kier alpha value is -1.75. The fourth-order valence-corrected chi connectivity index (χ4v) is 1.88. The van der Waals surface area contributed by atoms with Crippen LogP contribution in [0.3, 0.4) is 0 Å². The van der Waals surface area contributed by atoms with Crippen molar-refractivity contribution in [2.75, 3.05) is 13.1 Å². The van der Waals surface area contributed by atoms with E-state index in [1.165, 1.54) is 24.6 Å². The molecule has 0 atom stereocenters. The number of phenolic OH excluding ortho intramolecular Hbond substituents is 2. The van der Waals surface area contributed by atoms with Crippen LogP contribution in [0.15, 0.2) is 18.2 Å². The average Bonchev–Trinajstić information content (AvgIpc) is 2.34. The molecule has 0 radical (unpaired) electrons. The first-order valence-corrected chi connectivity index (χ1v) is 5.75. The summed E-state index contributed by atoms with van der Waals surface area (Å²) in [6.45, 7) is 1.71. The standard InChI is InChI=1S/C12H16N2O3/c15-10-5-4-9(8-11(10)16)12(17)13-14-6-2-1-3-7-14/h4-5,8,15-16H,1-3,6-7H2,(H,13,17). The van der Waals surface area contributed by atoms with Crippen LogP contribution in [0.2, 0.25) is 0 Å².